The van der Waals surface area contributed by atoms with Crippen molar-refractivity contribution in [2.75, 3.05) is 19.5 Å². The zero-order chi connectivity index (χ0) is 20.1. The van der Waals surface area contributed by atoms with Gasteiger partial charge in [0.05, 0.1) is 27.0 Å². The number of hydrogen-bond acceptors (Lipinski definition) is 5. The molecule has 1 aromatic heterocycles. The molecule has 3 rings (SSSR count). The van der Waals surface area contributed by atoms with Gasteiger partial charge in [-0.3, -0.25) is 4.79 Å². The summed E-state index contributed by atoms with van der Waals surface area (Å²) in [5.74, 6) is 0.963. The molecule has 6 nitrogen and oxygen atoms in total. The molecule has 0 amide bonds. The molecule has 1 N–H and O–H groups in total. The fourth-order valence-electron chi connectivity index (χ4n) is 2.85. The summed E-state index contributed by atoms with van der Waals surface area (Å²) < 4.78 is 25.4. The van der Waals surface area contributed by atoms with Crippen LogP contribution in [0.2, 0.25) is 0 Å². The number of anilines is 2. The fraction of sp³-hybridized carbons (Fsp3) is 0.238. The zero-order valence-corrected chi connectivity index (χ0v) is 16.0. The van der Waals surface area contributed by atoms with Gasteiger partial charge >= 0.3 is 5.56 Å². The largest absolute Gasteiger partial charge is 0.497 e. The maximum Gasteiger partial charge on any atom is 0.316 e. The van der Waals surface area contributed by atoms with Crippen LogP contribution < -0.4 is 20.3 Å². The maximum absolute atomic E-state index is 13.2. The zero-order valence-electron chi connectivity index (χ0n) is 16.0. The van der Waals surface area contributed by atoms with E-state index in [1.165, 1.54) is 19.2 Å². The van der Waals surface area contributed by atoms with Crippen molar-refractivity contribution in [3.8, 4) is 11.5 Å². The minimum atomic E-state index is -0.466. The third-order valence-electron chi connectivity index (χ3n) is 4.39. The number of nitrogens with one attached hydrogen (secondary N) is 1. The van der Waals surface area contributed by atoms with Crippen molar-refractivity contribution in [2.45, 2.75) is 19.9 Å². The normalized spacial score (nSPS) is 10.6. The van der Waals surface area contributed by atoms with E-state index in [1.807, 2.05) is 25.1 Å². The third-order valence-corrected chi connectivity index (χ3v) is 4.39. The molecule has 0 aliphatic heterocycles. The van der Waals surface area contributed by atoms with Gasteiger partial charge in [-0.05, 0) is 47.9 Å². The number of aryl methyl sites for hydroxylation is 1. The Kier molecular flexibility index (Phi) is 5.93. The van der Waals surface area contributed by atoms with Gasteiger partial charge in [0.1, 0.15) is 11.6 Å². The lowest BCUT2D eigenvalue weighted by atomic mass is 10.1. The number of aromatic nitrogens is 2. The van der Waals surface area contributed by atoms with Gasteiger partial charge in [0.15, 0.2) is 0 Å². The molecule has 0 unspecified atom stereocenters. The average molecular weight is 383 g/mol. The second-order valence-corrected chi connectivity index (χ2v) is 6.19. The highest BCUT2D eigenvalue weighted by Gasteiger charge is 2.12. The quantitative estimate of drug-likeness (QED) is 0.673. The Hall–Kier alpha value is -3.35. The lowest BCUT2D eigenvalue weighted by Gasteiger charge is -2.17. The predicted molar refractivity (Wildman–Crippen MR) is 106 cm³/mol. The summed E-state index contributed by atoms with van der Waals surface area (Å²) >= 11 is 0. The van der Waals surface area contributed by atoms with Gasteiger partial charge in [-0.2, -0.15) is 4.98 Å². The summed E-state index contributed by atoms with van der Waals surface area (Å²) in [5, 5.41) is 3.23. The van der Waals surface area contributed by atoms with E-state index in [1.54, 1.807) is 30.0 Å². The van der Waals surface area contributed by atoms with Crippen LogP contribution in [0.3, 0.4) is 0 Å². The summed E-state index contributed by atoms with van der Waals surface area (Å²) in [5.41, 5.74) is 2.25. The molecule has 0 saturated carbocycles. The Bertz CT molecular complexity index is 1020. The van der Waals surface area contributed by atoms with E-state index in [0.717, 1.165) is 29.0 Å². The molecule has 2 aromatic carbocycles. The first-order chi connectivity index (χ1) is 13.5. The van der Waals surface area contributed by atoms with Crippen LogP contribution in [0.4, 0.5) is 16.0 Å². The number of benzene rings is 2. The van der Waals surface area contributed by atoms with Gasteiger partial charge in [0.25, 0.3) is 0 Å². The Balaban J connectivity index is 2.01. The van der Waals surface area contributed by atoms with Crippen LogP contribution in [0.25, 0.3) is 0 Å². The first-order valence-corrected chi connectivity index (χ1v) is 8.88. The minimum Gasteiger partial charge on any atom is -0.497 e. The van der Waals surface area contributed by atoms with Crippen molar-refractivity contribution in [3.63, 3.8) is 0 Å². The molecule has 28 heavy (non-hydrogen) atoms. The van der Waals surface area contributed by atoms with Gasteiger partial charge in [0.2, 0.25) is 11.7 Å². The van der Waals surface area contributed by atoms with Crippen LogP contribution in [-0.2, 0) is 13.0 Å². The number of rotatable bonds is 7. The second-order valence-electron chi connectivity index (χ2n) is 6.19. The molecule has 0 saturated heterocycles. The van der Waals surface area contributed by atoms with E-state index in [2.05, 4.69) is 10.3 Å². The van der Waals surface area contributed by atoms with Gasteiger partial charge in [-0.15, -0.1) is 0 Å². The van der Waals surface area contributed by atoms with E-state index in [4.69, 9.17) is 9.47 Å². The molecule has 0 aliphatic rings. The summed E-state index contributed by atoms with van der Waals surface area (Å²) in [6, 6.07) is 11.8. The molecule has 0 radical (unpaired) electrons. The van der Waals surface area contributed by atoms with Crippen molar-refractivity contribution in [1.29, 1.82) is 0 Å². The molecule has 146 valence electrons. The van der Waals surface area contributed by atoms with Gasteiger partial charge in [0, 0.05) is 5.69 Å². The van der Waals surface area contributed by atoms with E-state index >= 15 is 0 Å². The molecular formula is C21H22FN3O3. The SMILES string of the molecule is CCc1cc(OC)ccc1Nc1nc(=O)c(OC)cn1Cc1ccc(F)cc1. The molecular weight excluding hydrogens is 361 g/mol. The van der Waals surface area contributed by atoms with Crippen molar-refractivity contribution in [1.82, 2.24) is 9.55 Å². The van der Waals surface area contributed by atoms with Crippen molar-refractivity contribution >= 4 is 11.6 Å². The monoisotopic (exact) mass is 383 g/mol. The highest BCUT2D eigenvalue weighted by atomic mass is 19.1. The Morgan fingerprint density at radius 3 is 2.50 bits per heavy atom. The van der Waals surface area contributed by atoms with Crippen molar-refractivity contribution < 1.29 is 13.9 Å². The van der Waals surface area contributed by atoms with Crippen molar-refractivity contribution in [3.05, 3.63) is 76.0 Å². The molecule has 1 heterocycles. The molecule has 0 bridgehead atoms. The fourth-order valence-corrected chi connectivity index (χ4v) is 2.85. The predicted octanol–water partition coefficient (Wildman–Crippen LogP) is 3.75. The standard InChI is InChI=1S/C21H22FN3O3/c1-4-15-11-17(27-2)9-10-18(15)23-21-24-20(26)19(28-3)13-25(21)12-14-5-7-16(22)8-6-14/h5-11,13H,4,12H2,1-3H3,(H,23,24,26). The molecule has 0 aliphatic carbocycles. The molecule has 3 aromatic rings. The number of hydrogen-bond donors (Lipinski definition) is 1. The van der Waals surface area contributed by atoms with E-state index < -0.39 is 5.56 Å². The van der Waals surface area contributed by atoms with E-state index in [9.17, 15) is 9.18 Å². The molecule has 0 spiro atoms. The summed E-state index contributed by atoms with van der Waals surface area (Å²) in [4.78, 5) is 16.3. The molecule has 0 atom stereocenters. The van der Waals surface area contributed by atoms with Gasteiger partial charge < -0.3 is 19.4 Å². The van der Waals surface area contributed by atoms with Gasteiger partial charge in [-0.1, -0.05) is 19.1 Å². The van der Waals surface area contributed by atoms with E-state index in [-0.39, 0.29) is 11.6 Å². The van der Waals surface area contributed by atoms with Crippen molar-refractivity contribution in [2.24, 2.45) is 0 Å². The van der Waals surface area contributed by atoms with Crippen LogP contribution in [0.5, 0.6) is 11.5 Å². The highest BCUT2D eigenvalue weighted by molar-refractivity contribution is 5.61. The van der Waals surface area contributed by atoms with Crippen LogP contribution >= 0.6 is 0 Å². The second kappa shape index (κ2) is 8.56. The number of ether oxygens (including phenoxy) is 2. The molecule has 7 heteroatoms. The Morgan fingerprint density at radius 1 is 1.11 bits per heavy atom. The topological polar surface area (TPSA) is 65.4 Å². The highest BCUT2D eigenvalue weighted by Crippen LogP contribution is 2.25. The maximum atomic E-state index is 13.2. The van der Waals surface area contributed by atoms with Gasteiger partial charge in [-0.25, -0.2) is 4.39 Å². The first-order valence-electron chi connectivity index (χ1n) is 8.88. The lowest BCUT2D eigenvalue weighted by Crippen LogP contribution is -2.19. The van der Waals surface area contributed by atoms with Crippen LogP contribution in [0, 0.1) is 5.82 Å². The summed E-state index contributed by atoms with van der Waals surface area (Å²) in [6.45, 7) is 2.43. The van der Waals surface area contributed by atoms with Crippen LogP contribution in [-0.4, -0.2) is 23.8 Å². The summed E-state index contributed by atoms with van der Waals surface area (Å²) in [7, 11) is 3.04. The Morgan fingerprint density at radius 2 is 1.86 bits per heavy atom. The number of halogens is 1. The smallest absolute Gasteiger partial charge is 0.316 e. The summed E-state index contributed by atoms with van der Waals surface area (Å²) in [6.07, 6.45) is 2.37. The average Bonchev–Trinajstić information content (AvgIpc) is 2.71. The molecule has 0 fully saturated rings. The van der Waals surface area contributed by atoms with E-state index in [0.29, 0.717) is 12.5 Å². The Labute approximate surface area is 162 Å². The number of methoxy groups -OCH3 is 2. The van der Waals surface area contributed by atoms with Crippen LogP contribution in [0.1, 0.15) is 18.1 Å². The number of nitrogens with zero attached hydrogens (tertiary/aromatic N) is 2. The lowest BCUT2D eigenvalue weighted by molar-refractivity contribution is 0.402. The first kappa shape index (κ1) is 19.4. The minimum absolute atomic E-state index is 0.137. The van der Waals surface area contributed by atoms with Crippen LogP contribution in [0.15, 0.2) is 53.5 Å². The third kappa shape index (κ3) is 4.31.